The number of aryl methyl sites for hydroxylation is 1. The van der Waals surface area contributed by atoms with Crippen molar-refractivity contribution in [3.8, 4) is 22.6 Å². The molecule has 1 aliphatic carbocycles. The van der Waals surface area contributed by atoms with E-state index in [0.29, 0.717) is 34.0 Å². The molecule has 2 aromatic carbocycles. The lowest BCUT2D eigenvalue weighted by Crippen LogP contribution is -2.27. The number of ether oxygens (including phenoxy) is 2. The number of carbonyl (C=O) groups excluding carboxylic acids is 1. The number of sulfonamides is 1. The van der Waals surface area contributed by atoms with Crippen molar-refractivity contribution in [1.82, 2.24) is 4.98 Å². The molecule has 0 radical (unpaired) electrons. The Balaban J connectivity index is 1.43. The van der Waals surface area contributed by atoms with Gasteiger partial charge < -0.3 is 14.8 Å². The molecule has 0 atom stereocenters. The van der Waals surface area contributed by atoms with E-state index in [1.165, 1.54) is 12.1 Å². The highest BCUT2D eigenvalue weighted by Crippen LogP contribution is 2.51. The fourth-order valence-electron chi connectivity index (χ4n) is 3.95. The number of anilines is 1. The third-order valence-electron chi connectivity index (χ3n) is 5.93. The number of pyridine rings is 1. The van der Waals surface area contributed by atoms with Crippen LogP contribution in [0.3, 0.4) is 0 Å². The highest BCUT2D eigenvalue weighted by molar-refractivity contribution is 7.89. The molecule has 1 aromatic heterocycles. The summed E-state index contributed by atoms with van der Waals surface area (Å²) in [6, 6.07) is 13.7. The van der Waals surface area contributed by atoms with Crippen LogP contribution in [0.25, 0.3) is 11.1 Å². The standard InChI is InChI=1S/C23H21N3O5S/c1-14-19(15-3-2-4-18(9-15)32(24,28)29)11-17(12-25-14)26-22(27)23(7-8-23)16-5-6-20-21(10-16)31-13-30-20/h2-6,9-12H,7-8,13H2,1H3,(H,26,27)(H2,24,28,29). The Bertz CT molecular complexity index is 1350. The summed E-state index contributed by atoms with van der Waals surface area (Å²) in [6.07, 6.45) is 3.07. The first kappa shape index (κ1) is 20.5. The van der Waals surface area contributed by atoms with Crippen molar-refractivity contribution in [2.75, 3.05) is 12.1 Å². The molecule has 2 aliphatic rings. The molecule has 1 amide bonds. The van der Waals surface area contributed by atoms with Gasteiger partial charge in [-0.15, -0.1) is 0 Å². The Morgan fingerprint density at radius 1 is 1.09 bits per heavy atom. The first-order valence-corrected chi connectivity index (χ1v) is 11.6. The molecule has 1 aliphatic heterocycles. The average molecular weight is 452 g/mol. The van der Waals surface area contributed by atoms with E-state index >= 15 is 0 Å². The summed E-state index contributed by atoms with van der Waals surface area (Å²) in [5, 5.41) is 8.24. The normalized spacial score (nSPS) is 15.9. The molecule has 32 heavy (non-hydrogen) atoms. The van der Waals surface area contributed by atoms with Crippen molar-refractivity contribution >= 4 is 21.6 Å². The maximum absolute atomic E-state index is 13.2. The number of amides is 1. The first-order valence-electron chi connectivity index (χ1n) is 10.1. The van der Waals surface area contributed by atoms with Crippen LogP contribution in [0.2, 0.25) is 0 Å². The predicted octanol–water partition coefficient (Wildman–Crippen LogP) is 3.10. The molecule has 0 saturated heterocycles. The monoisotopic (exact) mass is 451 g/mol. The van der Waals surface area contributed by atoms with Gasteiger partial charge in [-0.25, -0.2) is 13.6 Å². The summed E-state index contributed by atoms with van der Waals surface area (Å²) in [7, 11) is -3.83. The van der Waals surface area contributed by atoms with Gasteiger partial charge in [-0.2, -0.15) is 0 Å². The number of aromatic nitrogens is 1. The Morgan fingerprint density at radius 2 is 1.88 bits per heavy atom. The molecule has 3 N–H and O–H groups in total. The number of hydrogen-bond acceptors (Lipinski definition) is 6. The zero-order valence-corrected chi connectivity index (χ0v) is 18.1. The zero-order chi connectivity index (χ0) is 22.5. The number of nitrogens with one attached hydrogen (secondary N) is 1. The molecule has 3 aromatic rings. The number of primary sulfonamides is 1. The number of benzene rings is 2. The lowest BCUT2D eigenvalue weighted by atomic mass is 9.94. The van der Waals surface area contributed by atoms with Crippen LogP contribution in [0.15, 0.2) is 59.6 Å². The highest BCUT2D eigenvalue weighted by atomic mass is 32.2. The van der Waals surface area contributed by atoms with Crippen molar-refractivity contribution in [3.05, 3.63) is 66.0 Å². The average Bonchev–Trinajstić information content (AvgIpc) is 3.45. The molecule has 1 fully saturated rings. The van der Waals surface area contributed by atoms with Gasteiger partial charge in [0.2, 0.25) is 22.7 Å². The summed E-state index contributed by atoms with van der Waals surface area (Å²) in [5.74, 6) is 1.21. The van der Waals surface area contributed by atoms with Crippen LogP contribution in [0.4, 0.5) is 5.69 Å². The maximum atomic E-state index is 13.2. The van der Waals surface area contributed by atoms with Crippen LogP contribution in [0, 0.1) is 6.92 Å². The maximum Gasteiger partial charge on any atom is 0.238 e. The number of carbonyl (C=O) groups is 1. The van der Waals surface area contributed by atoms with Crippen molar-refractivity contribution in [2.24, 2.45) is 5.14 Å². The summed E-state index contributed by atoms with van der Waals surface area (Å²) < 4.78 is 34.3. The molecular formula is C23H21N3O5S. The van der Waals surface area contributed by atoms with Crippen molar-refractivity contribution in [3.63, 3.8) is 0 Å². The lowest BCUT2D eigenvalue weighted by Gasteiger charge is -2.17. The van der Waals surface area contributed by atoms with E-state index in [0.717, 1.165) is 18.4 Å². The van der Waals surface area contributed by atoms with E-state index in [9.17, 15) is 13.2 Å². The van der Waals surface area contributed by atoms with Crippen molar-refractivity contribution < 1.29 is 22.7 Å². The number of nitrogens with two attached hydrogens (primary N) is 1. The van der Waals surface area contributed by atoms with Gasteiger partial charge in [0.1, 0.15) is 0 Å². The van der Waals surface area contributed by atoms with Crippen LogP contribution < -0.4 is 19.9 Å². The third-order valence-corrected chi connectivity index (χ3v) is 6.84. The number of rotatable bonds is 5. The summed E-state index contributed by atoms with van der Waals surface area (Å²) in [5.41, 5.74) is 2.87. The van der Waals surface area contributed by atoms with Gasteiger partial charge in [-0.3, -0.25) is 9.78 Å². The highest BCUT2D eigenvalue weighted by Gasteiger charge is 2.51. The van der Waals surface area contributed by atoms with E-state index in [1.54, 1.807) is 24.4 Å². The second-order valence-corrected chi connectivity index (χ2v) is 9.60. The van der Waals surface area contributed by atoms with Gasteiger partial charge >= 0.3 is 0 Å². The van der Waals surface area contributed by atoms with E-state index in [-0.39, 0.29) is 17.6 Å². The van der Waals surface area contributed by atoms with Crippen LogP contribution in [-0.2, 0) is 20.2 Å². The molecule has 0 spiro atoms. The fraction of sp³-hybridized carbons (Fsp3) is 0.217. The summed E-state index contributed by atoms with van der Waals surface area (Å²) in [4.78, 5) is 17.6. The lowest BCUT2D eigenvalue weighted by molar-refractivity contribution is -0.118. The molecule has 9 heteroatoms. The smallest absolute Gasteiger partial charge is 0.238 e. The summed E-state index contributed by atoms with van der Waals surface area (Å²) >= 11 is 0. The second-order valence-electron chi connectivity index (χ2n) is 8.03. The van der Waals surface area contributed by atoms with Gasteiger partial charge in [0.25, 0.3) is 0 Å². The molecular weight excluding hydrogens is 430 g/mol. The van der Waals surface area contributed by atoms with Crippen molar-refractivity contribution in [1.29, 1.82) is 0 Å². The first-order chi connectivity index (χ1) is 15.3. The quantitative estimate of drug-likeness (QED) is 0.615. The Hall–Kier alpha value is -3.43. The van der Waals surface area contributed by atoms with E-state index < -0.39 is 15.4 Å². The molecule has 5 rings (SSSR count). The van der Waals surface area contributed by atoms with Gasteiger partial charge in [0.15, 0.2) is 11.5 Å². The van der Waals surface area contributed by atoms with Crippen LogP contribution in [0.5, 0.6) is 11.5 Å². The van der Waals surface area contributed by atoms with Crippen LogP contribution in [0.1, 0.15) is 24.1 Å². The topological polar surface area (TPSA) is 121 Å². The molecule has 2 heterocycles. The van der Waals surface area contributed by atoms with Gasteiger partial charge in [-0.05, 0) is 61.2 Å². The Labute approximate surface area is 185 Å². The Morgan fingerprint density at radius 3 is 2.62 bits per heavy atom. The molecule has 0 unspecified atom stereocenters. The van der Waals surface area contributed by atoms with Gasteiger partial charge in [0.05, 0.1) is 22.2 Å². The number of nitrogens with zero attached hydrogens (tertiary/aromatic N) is 1. The van der Waals surface area contributed by atoms with Gasteiger partial charge in [-0.1, -0.05) is 18.2 Å². The third kappa shape index (κ3) is 3.59. The van der Waals surface area contributed by atoms with E-state index in [4.69, 9.17) is 14.6 Å². The minimum atomic E-state index is -3.83. The SMILES string of the molecule is Cc1ncc(NC(=O)C2(c3ccc4c(c3)OCO4)CC2)cc1-c1cccc(S(N)(=O)=O)c1. The zero-order valence-electron chi connectivity index (χ0n) is 17.3. The minimum absolute atomic E-state index is 0.0172. The van der Waals surface area contributed by atoms with Gasteiger partial charge in [0, 0.05) is 11.3 Å². The number of fused-ring (bicyclic) bond motifs is 1. The number of hydrogen-bond donors (Lipinski definition) is 2. The Kier molecular flexibility index (Phi) is 4.68. The second kappa shape index (κ2) is 7.32. The molecule has 0 bridgehead atoms. The largest absolute Gasteiger partial charge is 0.454 e. The fourth-order valence-corrected chi connectivity index (χ4v) is 4.51. The molecule has 8 nitrogen and oxygen atoms in total. The molecule has 164 valence electrons. The van der Waals surface area contributed by atoms with Crippen LogP contribution in [-0.4, -0.2) is 26.1 Å². The van der Waals surface area contributed by atoms with Crippen molar-refractivity contribution in [2.45, 2.75) is 30.1 Å². The summed E-state index contributed by atoms with van der Waals surface area (Å²) in [6.45, 7) is 2.00. The van der Waals surface area contributed by atoms with Crippen LogP contribution >= 0.6 is 0 Å². The molecule has 1 saturated carbocycles. The minimum Gasteiger partial charge on any atom is -0.454 e. The van der Waals surface area contributed by atoms with E-state index in [1.807, 2.05) is 25.1 Å². The predicted molar refractivity (Wildman–Crippen MR) is 118 cm³/mol. The van der Waals surface area contributed by atoms with E-state index in [2.05, 4.69) is 10.3 Å².